The van der Waals surface area contributed by atoms with Gasteiger partial charge in [-0.25, -0.2) is 0 Å². The summed E-state index contributed by atoms with van der Waals surface area (Å²) in [5.74, 6) is 5.62. The molecule has 0 unspecified atom stereocenters. The van der Waals surface area contributed by atoms with Crippen LogP contribution in [0.2, 0.25) is 0 Å². The second-order valence-corrected chi connectivity index (χ2v) is 1.51. The molecule has 9 heavy (non-hydrogen) atoms. The number of hydrogen-bond donors (Lipinski definition) is 0. The second kappa shape index (κ2) is 2.83. The first-order valence-electron chi connectivity index (χ1n) is 2.63. The number of rotatable bonds is 0. The number of hydrogen-bond acceptors (Lipinski definition) is 2. The third-order valence-corrected chi connectivity index (χ3v) is 0.854. The maximum atomic E-state index is 3.65. The summed E-state index contributed by atoms with van der Waals surface area (Å²) in [6.07, 6.45) is 3.26. The molecule has 0 aromatic carbocycles. The third-order valence-electron chi connectivity index (χ3n) is 0.854. The van der Waals surface area contributed by atoms with E-state index in [2.05, 4.69) is 22.0 Å². The van der Waals surface area contributed by atoms with Crippen molar-refractivity contribution in [1.29, 1.82) is 0 Å². The van der Waals surface area contributed by atoms with Crippen molar-refractivity contribution in [1.82, 2.24) is 10.2 Å². The summed E-state index contributed by atoms with van der Waals surface area (Å²) in [5.41, 5.74) is 0.910. The first kappa shape index (κ1) is 5.77. The summed E-state index contributed by atoms with van der Waals surface area (Å²) < 4.78 is 0. The SMILES string of the molecule is CC#Cc1ccnnc1. The molecule has 0 aliphatic heterocycles. The van der Waals surface area contributed by atoms with Crippen LogP contribution >= 0.6 is 0 Å². The van der Waals surface area contributed by atoms with Gasteiger partial charge < -0.3 is 0 Å². The Labute approximate surface area is 53.9 Å². The van der Waals surface area contributed by atoms with Gasteiger partial charge >= 0.3 is 0 Å². The van der Waals surface area contributed by atoms with Crippen LogP contribution in [0.3, 0.4) is 0 Å². The second-order valence-electron chi connectivity index (χ2n) is 1.51. The molecule has 44 valence electrons. The van der Waals surface area contributed by atoms with Gasteiger partial charge in [-0.3, -0.25) is 0 Å². The molecular formula is C7H6N2. The molecule has 0 aliphatic carbocycles. The van der Waals surface area contributed by atoms with Crippen LogP contribution in [0.5, 0.6) is 0 Å². The summed E-state index contributed by atoms with van der Waals surface area (Å²) in [5, 5.41) is 7.26. The summed E-state index contributed by atoms with van der Waals surface area (Å²) in [6.45, 7) is 1.79. The Morgan fingerprint density at radius 1 is 1.44 bits per heavy atom. The first-order chi connectivity index (χ1) is 4.43. The zero-order valence-corrected chi connectivity index (χ0v) is 5.13. The fourth-order valence-electron chi connectivity index (χ4n) is 0.509. The van der Waals surface area contributed by atoms with E-state index in [1.54, 1.807) is 19.3 Å². The monoisotopic (exact) mass is 118 g/mol. The van der Waals surface area contributed by atoms with Gasteiger partial charge in [-0.05, 0) is 13.0 Å². The van der Waals surface area contributed by atoms with Crippen LogP contribution in [0, 0.1) is 11.8 Å². The molecule has 0 atom stereocenters. The molecular weight excluding hydrogens is 112 g/mol. The minimum atomic E-state index is 0.910. The predicted octanol–water partition coefficient (Wildman–Crippen LogP) is 0.848. The van der Waals surface area contributed by atoms with Crippen molar-refractivity contribution in [2.45, 2.75) is 6.92 Å². The Kier molecular flexibility index (Phi) is 1.81. The lowest BCUT2D eigenvalue weighted by molar-refractivity contribution is 1.03. The average molecular weight is 118 g/mol. The van der Waals surface area contributed by atoms with Gasteiger partial charge in [0, 0.05) is 5.56 Å². The van der Waals surface area contributed by atoms with Crippen molar-refractivity contribution in [2.24, 2.45) is 0 Å². The molecule has 1 rings (SSSR count). The zero-order valence-electron chi connectivity index (χ0n) is 5.13. The average Bonchev–Trinajstić information content (AvgIpc) is 1.91. The van der Waals surface area contributed by atoms with E-state index in [4.69, 9.17) is 0 Å². The van der Waals surface area contributed by atoms with E-state index in [0.29, 0.717) is 0 Å². The zero-order chi connectivity index (χ0) is 6.53. The summed E-state index contributed by atoms with van der Waals surface area (Å²) in [6, 6.07) is 1.82. The summed E-state index contributed by atoms with van der Waals surface area (Å²) in [4.78, 5) is 0. The molecule has 1 aromatic rings. The Morgan fingerprint density at radius 3 is 2.89 bits per heavy atom. The van der Waals surface area contributed by atoms with Gasteiger partial charge in [-0.1, -0.05) is 5.92 Å². The third kappa shape index (κ3) is 1.54. The highest BCUT2D eigenvalue weighted by atomic mass is 15.1. The molecule has 0 N–H and O–H groups in total. The van der Waals surface area contributed by atoms with Gasteiger partial charge in [0.2, 0.25) is 0 Å². The number of aromatic nitrogens is 2. The lowest BCUT2D eigenvalue weighted by Crippen LogP contribution is -1.78. The Bertz CT molecular complexity index is 230. The summed E-state index contributed by atoms with van der Waals surface area (Å²) >= 11 is 0. The van der Waals surface area contributed by atoms with Crippen LogP contribution in [-0.2, 0) is 0 Å². The molecule has 0 bridgehead atoms. The van der Waals surface area contributed by atoms with E-state index < -0.39 is 0 Å². The molecule has 0 saturated heterocycles. The molecule has 0 aliphatic rings. The Morgan fingerprint density at radius 2 is 2.33 bits per heavy atom. The van der Waals surface area contributed by atoms with Gasteiger partial charge in [-0.2, -0.15) is 10.2 Å². The summed E-state index contributed by atoms with van der Waals surface area (Å²) in [7, 11) is 0. The van der Waals surface area contributed by atoms with Crippen molar-refractivity contribution in [3.63, 3.8) is 0 Å². The van der Waals surface area contributed by atoms with Crippen LogP contribution in [0.25, 0.3) is 0 Å². The van der Waals surface area contributed by atoms with Crippen molar-refractivity contribution in [3.8, 4) is 11.8 Å². The molecule has 1 heterocycles. The van der Waals surface area contributed by atoms with Gasteiger partial charge in [-0.15, -0.1) is 5.92 Å². The quantitative estimate of drug-likeness (QED) is 0.472. The van der Waals surface area contributed by atoms with E-state index in [0.717, 1.165) is 5.56 Å². The van der Waals surface area contributed by atoms with Crippen LogP contribution in [0.15, 0.2) is 18.5 Å². The Hall–Kier alpha value is -1.36. The van der Waals surface area contributed by atoms with Crippen LogP contribution in [-0.4, -0.2) is 10.2 Å². The van der Waals surface area contributed by atoms with Gasteiger partial charge in [0.1, 0.15) is 0 Å². The van der Waals surface area contributed by atoms with Crippen LogP contribution in [0.1, 0.15) is 12.5 Å². The highest BCUT2D eigenvalue weighted by Crippen LogP contribution is 1.87. The van der Waals surface area contributed by atoms with Crippen molar-refractivity contribution < 1.29 is 0 Å². The van der Waals surface area contributed by atoms with Crippen molar-refractivity contribution in [3.05, 3.63) is 24.0 Å². The molecule has 2 nitrogen and oxygen atoms in total. The Balaban J connectivity index is 2.94. The fraction of sp³-hybridized carbons (Fsp3) is 0.143. The van der Waals surface area contributed by atoms with Crippen molar-refractivity contribution in [2.75, 3.05) is 0 Å². The molecule has 1 aromatic heterocycles. The van der Waals surface area contributed by atoms with Crippen LogP contribution in [0.4, 0.5) is 0 Å². The van der Waals surface area contributed by atoms with E-state index in [1.807, 2.05) is 6.07 Å². The highest BCUT2D eigenvalue weighted by molar-refractivity contribution is 5.29. The van der Waals surface area contributed by atoms with Gasteiger partial charge in [0.05, 0.1) is 12.4 Å². The van der Waals surface area contributed by atoms with E-state index in [9.17, 15) is 0 Å². The fourth-order valence-corrected chi connectivity index (χ4v) is 0.509. The van der Waals surface area contributed by atoms with Crippen molar-refractivity contribution >= 4 is 0 Å². The molecule has 2 heteroatoms. The minimum Gasteiger partial charge on any atom is -0.159 e. The largest absolute Gasteiger partial charge is 0.159 e. The maximum Gasteiger partial charge on any atom is 0.0652 e. The molecule has 0 radical (unpaired) electrons. The molecule has 0 amide bonds. The van der Waals surface area contributed by atoms with E-state index >= 15 is 0 Å². The smallest absolute Gasteiger partial charge is 0.0652 e. The predicted molar refractivity (Wildman–Crippen MR) is 34.6 cm³/mol. The minimum absolute atomic E-state index is 0.910. The lowest BCUT2D eigenvalue weighted by atomic mass is 10.3. The highest BCUT2D eigenvalue weighted by Gasteiger charge is 1.79. The topological polar surface area (TPSA) is 25.8 Å². The lowest BCUT2D eigenvalue weighted by Gasteiger charge is -1.81. The van der Waals surface area contributed by atoms with Gasteiger partial charge in [0.25, 0.3) is 0 Å². The van der Waals surface area contributed by atoms with E-state index in [1.165, 1.54) is 0 Å². The first-order valence-corrected chi connectivity index (χ1v) is 2.63. The molecule has 0 spiro atoms. The standard InChI is InChI=1S/C7H6N2/c1-2-3-7-4-5-8-9-6-7/h4-6H,1H3. The van der Waals surface area contributed by atoms with Crippen LogP contribution < -0.4 is 0 Å². The van der Waals surface area contributed by atoms with E-state index in [-0.39, 0.29) is 0 Å². The molecule has 0 fully saturated rings. The van der Waals surface area contributed by atoms with Gasteiger partial charge in [0.15, 0.2) is 0 Å². The maximum absolute atomic E-state index is 3.65. The molecule has 0 saturated carbocycles. The number of nitrogens with zero attached hydrogens (tertiary/aromatic N) is 2. The normalized spacial score (nSPS) is 7.67.